The first kappa shape index (κ1) is 15.9. The topological polar surface area (TPSA) is 57.6 Å². The fraction of sp³-hybridized carbons (Fsp3) is 1.00. The number of sulfonamides is 1. The van der Waals surface area contributed by atoms with Crippen LogP contribution in [0.5, 0.6) is 0 Å². The van der Waals surface area contributed by atoms with Crippen molar-refractivity contribution >= 4 is 33.5 Å². The molecule has 0 amide bonds. The van der Waals surface area contributed by atoms with Gasteiger partial charge in [-0.25, -0.2) is 12.7 Å². The van der Waals surface area contributed by atoms with Crippen molar-refractivity contribution in [2.24, 2.45) is 5.92 Å². The van der Waals surface area contributed by atoms with Gasteiger partial charge in [-0.2, -0.15) is 23.5 Å². The summed E-state index contributed by atoms with van der Waals surface area (Å²) in [5.74, 6) is 3.63. The second kappa shape index (κ2) is 7.02. The Bertz CT molecular complexity index is 382. The lowest BCUT2D eigenvalue weighted by Gasteiger charge is -2.34. The van der Waals surface area contributed by atoms with Crippen molar-refractivity contribution in [2.75, 3.05) is 36.6 Å². The summed E-state index contributed by atoms with van der Waals surface area (Å²) in [4.78, 5) is 0. The Hall–Kier alpha value is 0.570. The monoisotopic (exact) mass is 325 g/mol. The van der Waals surface area contributed by atoms with Gasteiger partial charge >= 0.3 is 0 Å². The van der Waals surface area contributed by atoms with Crippen LogP contribution >= 0.6 is 23.5 Å². The molecule has 7 heteroatoms. The van der Waals surface area contributed by atoms with Crippen LogP contribution in [0.25, 0.3) is 0 Å². The van der Waals surface area contributed by atoms with Gasteiger partial charge in [0.2, 0.25) is 10.0 Å². The van der Waals surface area contributed by atoms with Crippen LogP contribution in [0, 0.1) is 5.92 Å². The Kier molecular flexibility index (Phi) is 5.90. The molecule has 2 aliphatic rings. The molecule has 3 atom stereocenters. The summed E-state index contributed by atoms with van der Waals surface area (Å²) in [6.07, 6.45) is 3.68. The minimum atomic E-state index is -3.08. The predicted molar refractivity (Wildman–Crippen MR) is 83.3 cm³/mol. The van der Waals surface area contributed by atoms with Gasteiger partial charge in [-0.3, -0.25) is 0 Å². The van der Waals surface area contributed by atoms with Gasteiger partial charge in [-0.15, -0.1) is 0 Å². The van der Waals surface area contributed by atoms with Crippen molar-refractivity contribution in [1.82, 2.24) is 4.31 Å². The predicted octanol–water partition coefficient (Wildman–Crippen LogP) is 1.26. The van der Waals surface area contributed by atoms with Crippen LogP contribution in [0.1, 0.15) is 19.3 Å². The van der Waals surface area contributed by atoms with Crippen molar-refractivity contribution in [3.8, 4) is 0 Å². The molecule has 2 rings (SSSR count). The van der Waals surface area contributed by atoms with Crippen LogP contribution in [0.4, 0.5) is 0 Å². The van der Waals surface area contributed by atoms with Gasteiger partial charge in [0.05, 0.1) is 12.4 Å². The van der Waals surface area contributed by atoms with E-state index in [0.29, 0.717) is 24.3 Å². The molecule has 112 valence electrons. The molecule has 19 heavy (non-hydrogen) atoms. The third kappa shape index (κ3) is 4.81. The molecular weight excluding hydrogens is 302 g/mol. The van der Waals surface area contributed by atoms with Gasteiger partial charge in [-0.1, -0.05) is 0 Å². The summed E-state index contributed by atoms with van der Waals surface area (Å²) in [5.41, 5.74) is 0. The second-order valence-electron chi connectivity index (χ2n) is 5.42. The van der Waals surface area contributed by atoms with E-state index < -0.39 is 10.0 Å². The van der Waals surface area contributed by atoms with Crippen LogP contribution in [0.15, 0.2) is 0 Å². The summed E-state index contributed by atoms with van der Waals surface area (Å²) in [6.45, 7) is 1.22. The molecule has 3 unspecified atom stereocenters. The highest BCUT2D eigenvalue weighted by Gasteiger charge is 2.30. The number of hydrogen-bond donors (Lipinski definition) is 1. The molecule has 0 radical (unpaired) electrons. The van der Waals surface area contributed by atoms with E-state index in [2.05, 4.69) is 0 Å². The summed E-state index contributed by atoms with van der Waals surface area (Å²) in [5, 5.41) is 10.6. The second-order valence-corrected chi connectivity index (χ2v) is 9.90. The quantitative estimate of drug-likeness (QED) is 0.843. The molecule has 2 saturated heterocycles. The highest BCUT2D eigenvalue weighted by atomic mass is 32.2. The Morgan fingerprint density at radius 2 is 2.21 bits per heavy atom. The number of rotatable bonds is 4. The lowest BCUT2D eigenvalue weighted by atomic mass is 9.92. The van der Waals surface area contributed by atoms with Gasteiger partial charge in [-0.05, 0) is 25.2 Å². The fourth-order valence-corrected chi connectivity index (χ4v) is 6.47. The van der Waals surface area contributed by atoms with Gasteiger partial charge < -0.3 is 5.11 Å². The van der Waals surface area contributed by atoms with Crippen LogP contribution in [-0.4, -0.2) is 65.8 Å². The molecule has 2 aliphatic heterocycles. The molecule has 2 heterocycles. The lowest BCUT2D eigenvalue weighted by molar-refractivity contribution is 0.123. The van der Waals surface area contributed by atoms with Gasteiger partial charge in [0, 0.05) is 35.6 Å². The Morgan fingerprint density at radius 1 is 1.42 bits per heavy atom. The lowest BCUT2D eigenvalue weighted by Crippen LogP contribution is -2.41. The molecule has 0 aromatic heterocycles. The van der Waals surface area contributed by atoms with Crippen molar-refractivity contribution in [2.45, 2.75) is 30.6 Å². The van der Waals surface area contributed by atoms with E-state index in [-0.39, 0.29) is 6.10 Å². The Balaban J connectivity index is 1.84. The standard InChI is InChI=1S/C12H23NO3S3/c1-19(15,16)13-4-2-3-10(8-13)7-11(14)12-9-17-5-6-18-12/h10-12,14H,2-9H2,1H3. The molecule has 0 aromatic rings. The third-order valence-corrected chi connectivity index (χ3v) is 7.97. The van der Waals surface area contributed by atoms with E-state index in [1.54, 1.807) is 4.31 Å². The average Bonchev–Trinajstić information content (AvgIpc) is 2.39. The minimum absolute atomic E-state index is 0.290. The maximum atomic E-state index is 11.6. The van der Waals surface area contributed by atoms with Crippen molar-refractivity contribution in [1.29, 1.82) is 0 Å². The highest BCUT2D eigenvalue weighted by molar-refractivity contribution is 8.06. The first-order valence-electron chi connectivity index (χ1n) is 6.79. The van der Waals surface area contributed by atoms with Crippen LogP contribution < -0.4 is 0 Å². The molecule has 1 N–H and O–H groups in total. The highest BCUT2D eigenvalue weighted by Crippen LogP contribution is 2.31. The smallest absolute Gasteiger partial charge is 0.211 e. The molecule has 2 fully saturated rings. The first-order valence-corrected chi connectivity index (χ1v) is 10.8. The summed E-state index contributed by atoms with van der Waals surface area (Å²) in [7, 11) is -3.08. The summed E-state index contributed by atoms with van der Waals surface area (Å²) >= 11 is 3.77. The van der Waals surface area contributed by atoms with E-state index in [4.69, 9.17) is 0 Å². The molecular formula is C12H23NO3S3. The molecule has 0 bridgehead atoms. The number of aliphatic hydroxyl groups is 1. The largest absolute Gasteiger partial charge is 0.392 e. The van der Waals surface area contributed by atoms with Crippen molar-refractivity contribution < 1.29 is 13.5 Å². The number of thioether (sulfide) groups is 2. The van der Waals surface area contributed by atoms with Gasteiger partial charge in [0.15, 0.2) is 0 Å². The average molecular weight is 326 g/mol. The van der Waals surface area contributed by atoms with Crippen LogP contribution in [-0.2, 0) is 10.0 Å². The first-order chi connectivity index (χ1) is 8.97. The molecule has 0 spiro atoms. The summed E-state index contributed by atoms with van der Waals surface area (Å²) < 4.78 is 24.7. The van der Waals surface area contributed by atoms with E-state index >= 15 is 0 Å². The number of hydrogen-bond acceptors (Lipinski definition) is 5. The Morgan fingerprint density at radius 3 is 2.84 bits per heavy atom. The van der Waals surface area contributed by atoms with E-state index in [0.717, 1.165) is 30.8 Å². The zero-order valence-corrected chi connectivity index (χ0v) is 13.8. The Labute approximate surface area is 124 Å². The molecule has 0 saturated carbocycles. The van der Waals surface area contributed by atoms with Gasteiger partial charge in [0.1, 0.15) is 0 Å². The number of aliphatic hydroxyl groups excluding tert-OH is 1. The van der Waals surface area contributed by atoms with E-state index in [1.807, 2.05) is 23.5 Å². The maximum Gasteiger partial charge on any atom is 0.211 e. The minimum Gasteiger partial charge on any atom is -0.392 e. The molecule has 0 aromatic carbocycles. The zero-order chi connectivity index (χ0) is 13.9. The zero-order valence-electron chi connectivity index (χ0n) is 11.3. The number of nitrogens with zero attached hydrogens (tertiary/aromatic N) is 1. The summed E-state index contributed by atoms with van der Waals surface area (Å²) in [6, 6.07) is 0. The molecule has 4 nitrogen and oxygen atoms in total. The normalized spacial score (nSPS) is 32.1. The van der Waals surface area contributed by atoms with Crippen LogP contribution in [0.2, 0.25) is 0 Å². The van der Waals surface area contributed by atoms with Crippen molar-refractivity contribution in [3.05, 3.63) is 0 Å². The van der Waals surface area contributed by atoms with E-state index in [1.165, 1.54) is 12.0 Å². The number of piperidine rings is 1. The third-order valence-electron chi connectivity index (χ3n) is 3.80. The SMILES string of the molecule is CS(=O)(=O)N1CCCC(CC(O)C2CSCCS2)C1. The van der Waals surface area contributed by atoms with Crippen LogP contribution in [0.3, 0.4) is 0 Å². The van der Waals surface area contributed by atoms with Crippen molar-refractivity contribution in [3.63, 3.8) is 0 Å². The molecule has 0 aliphatic carbocycles. The van der Waals surface area contributed by atoms with E-state index in [9.17, 15) is 13.5 Å². The fourth-order valence-electron chi connectivity index (χ4n) is 2.74. The van der Waals surface area contributed by atoms with Gasteiger partial charge in [0.25, 0.3) is 0 Å². The maximum absolute atomic E-state index is 11.6.